The van der Waals surface area contributed by atoms with Crippen LogP contribution in [-0.4, -0.2) is 24.4 Å². The first-order chi connectivity index (χ1) is 7.70. The molecule has 1 aliphatic rings. The Labute approximate surface area is 110 Å². The fraction of sp³-hybridized carbons (Fsp3) is 0.500. The number of benzene rings is 1. The summed E-state index contributed by atoms with van der Waals surface area (Å²) in [5.74, 6) is 0. The van der Waals surface area contributed by atoms with Crippen molar-refractivity contribution in [2.24, 2.45) is 0 Å². The maximum absolute atomic E-state index is 12.2. The van der Waals surface area contributed by atoms with Crippen LogP contribution in [0.3, 0.4) is 0 Å². The second-order valence-electron chi connectivity index (χ2n) is 5.14. The van der Waals surface area contributed by atoms with E-state index >= 15 is 0 Å². The van der Waals surface area contributed by atoms with Gasteiger partial charge in [-0.15, -0.1) is 0 Å². The summed E-state index contributed by atoms with van der Waals surface area (Å²) in [6, 6.07) is 5.22. The third-order valence-corrected chi connectivity index (χ3v) is 5.66. The van der Waals surface area contributed by atoms with E-state index in [1.807, 2.05) is 6.07 Å². The SMILES string of the molecule is CC(C)(O)CC1Cc2cc(Br)ccc2S1(=O)=O. The maximum atomic E-state index is 12.2. The average molecular weight is 319 g/mol. The monoisotopic (exact) mass is 318 g/mol. The van der Waals surface area contributed by atoms with Crippen molar-refractivity contribution >= 4 is 25.8 Å². The smallest absolute Gasteiger partial charge is 0.181 e. The van der Waals surface area contributed by atoms with Crippen LogP contribution in [-0.2, 0) is 16.3 Å². The van der Waals surface area contributed by atoms with Crippen molar-refractivity contribution < 1.29 is 13.5 Å². The second kappa shape index (κ2) is 4.07. The number of halogens is 1. The minimum Gasteiger partial charge on any atom is -0.390 e. The Morgan fingerprint density at radius 3 is 2.71 bits per heavy atom. The zero-order valence-corrected chi connectivity index (χ0v) is 12.2. The second-order valence-corrected chi connectivity index (χ2v) is 8.25. The molecule has 0 aliphatic carbocycles. The molecule has 3 nitrogen and oxygen atoms in total. The average Bonchev–Trinajstić information content (AvgIpc) is 2.35. The molecule has 17 heavy (non-hydrogen) atoms. The molecule has 2 rings (SSSR count). The van der Waals surface area contributed by atoms with Crippen molar-refractivity contribution in [2.45, 2.75) is 42.4 Å². The number of fused-ring (bicyclic) bond motifs is 1. The topological polar surface area (TPSA) is 54.4 Å². The van der Waals surface area contributed by atoms with Crippen LogP contribution in [0, 0.1) is 0 Å². The van der Waals surface area contributed by atoms with Crippen LogP contribution < -0.4 is 0 Å². The molecule has 0 fully saturated rings. The van der Waals surface area contributed by atoms with Gasteiger partial charge in [-0.1, -0.05) is 15.9 Å². The van der Waals surface area contributed by atoms with E-state index in [2.05, 4.69) is 15.9 Å². The Hall–Kier alpha value is -0.390. The van der Waals surface area contributed by atoms with Crippen LogP contribution in [0.4, 0.5) is 0 Å². The standard InChI is InChI=1S/C12H15BrO3S/c1-12(2,14)7-10-6-8-5-9(13)3-4-11(8)17(10,15)16/h3-5,10,14H,6-7H2,1-2H3. The molecule has 1 heterocycles. The van der Waals surface area contributed by atoms with Gasteiger partial charge in [0, 0.05) is 4.47 Å². The highest BCUT2D eigenvalue weighted by Gasteiger charge is 2.39. The Kier molecular flexibility index (Phi) is 3.13. The van der Waals surface area contributed by atoms with E-state index in [1.54, 1.807) is 26.0 Å². The fourth-order valence-electron chi connectivity index (χ4n) is 2.26. The summed E-state index contributed by atoms with van der Waals surface area (Å²) in [6.45, 7) is 3.28. The number of hydrogen-bond acceptors (Lipinski definition) is 3. The minimum absolute atomic E-state index is 0.266. The summed E-state index contributed by atoms with van der Waals surface area (Å²) >= 11 is 3.34. The third-order valence-electron chi connectivity index (χ3n) is 2.94. The number of hydrogen-bond donors (Lipinski definition) is 1. The van der Waals surface area contributed by atoms with Gasteiger partial charge in [-0.25, -0.2) is 8.42 Å². The van der Waals surface area contributed by atoms with Gasteiger partial charge in [0.1, 0.15) is 0 Å². The molecule has 0 bridgehead atoms. The van der Waals surface area contributed by atoms with E-state index in [4.69, 9.17) is 0 Å². The Balaban J connectivity index is 2.40. The lowest BCUT2D eigenvalue weighted by molar-refractivity contribution is 0.0701. The molecule has 0 amide bonds. The molecule has 1 aliphatic heterocycles. The third kappa shape index (κ3) is 2.56. The maximum Gasteiger partial charge on any atom is 0.181 e. The van der Waals surface area contributed by atoms with Crippen LogP contribution in [0.1, 0.15) is 25.8 Å². The van der Waals surface area contributed by atoms with E-state index in [0.717, 1.165) is 10.0 Å². The summed E-state index contributed by atoms with van der Waals surface area (Å²) in [5, 5.41) is 9.26. The molecule has 1 aromatic carbocycles. The van der Waals surface area contributed by atoms with Crippen molar-refractivity contribution in [3.05, 3.63) is 28.2 Å². The Morgan fingerprint density at radius 2 is 2.12 bits per heavy atom. The highest BCUT2D eigenvalue weighted by atomic mass is 79.9. The molecule has 94 valence electrons. The van der Waals surface area contributed by atoms with Gasteiger partial charge >= 0.3 is 0 Å². The number of rotatable bonds is 2. The van der Waals surface area contributed by atoms with E-state index in [-0.39, 0.29) is 6.42 Å². The predicted molar refractivity (Wildman–Crippen MR) is 69.7 cm³/mol. The minimum atomic E-state index is -3.28. The van der Waals surface area contributed by atoms with Crippen molar-refractivity contribution in [1.82, 2.24) is 0 Å². The summed E-state index contributed by atoms with van der Waals surface area (Å²) in [6.07, 6.45) is 0.753. The molecule has 0 spiro atoms. The van der Waals surface area contributed by atoms with Crippen molar-refractivity contribution in [3.63, 3.8) is 0 Å². The molecule has 1 atom stereocenters. The zero-order valence-electron chi connectivity index (χ0n) is 9.77. The van der Waals surface area contributed by atoms with Crippen LogP contribution in [0.2, 0.25) is 0 Å². The van der Waals surface area contributed by atoms with E-state index in [9.17, 15) is 13.5 Å². The predicted octanol–water partition coefficient (Wildman–Crippen LogP) is 2.31. The highest BCUT2D eigenvalue weighted by molar-refractivity contribution is 9.10. The zero-order chi connectivity index (χ0) is 12.8. The first-order valence-corrected chi connectivity index (χ1v) is 7.79. The molecular weight excluding hydrogens is 304 g/mol. The molecule has 5 heteroatoms. The lowest BCUT2D eigenvalue weighted by Gasteiger charge is -2.20. The lowest BCUT2D eigenvalue weighted by atomic mass is 9.99. The van der Waals surface area contributed by atoms with Gasteiger partial charge in [0.15, 0.2) is 9.84 Å². The van der Waals surface area contributed by atoms with Gasteiger partial charge in [-0.05, 0) is 50.5 Å². The van der Waals surface area contributed by atoms with Crippen LogP contribution in [0.15, 0.2) is 27.6 Å². The van der Waals surface area contributed by atoms with Gasteiger partial charge in [-0.2, -0.15) is 0 Å². The summed E-state index contributed by atoms with van der Waals surface area (Å²) in [7, 11) is -3.28. The summed E-state index contributed by atoms with van der Waals surface area (Å²) < 4.78 is 25.4. The van der Waals surface area contributed by atoms with Crippen molar-refractivity contribution in [2.75, 3.05) is 0 Å². The van der Waals surface area contributed by atoms with Gasteiger partial charge in [0.25, 0.3) is 0 Å². The Morgan fingerprint density at radius 1 is 1.47 bits per heavy atom. The van der Waals surface area contributed by atoms with Gasteiger partial charge in [0.2, 0.25) is 0 Å². The molecule has 1 aromatic rings. The quantitative estimate of drug-likeness (QED) is 0.910. The normalized spacial score (nSPS) is 22.5. The summed E-state index contributed by atoms with van der Waals surface area (Å²) in [4.78, 5) is 0.412. The van der Waals surface area contributed by atoms with E-state index < -0.39 is 20.7 Å². The first-order valence-electron chi connectivity index (χ1n) is 5.45. The van der Waals surface area contributed by atoms with E-state index in [0.29, 0.717) is 11.3 Å². The largest absolute Gasteiger partial charge is 0.390 e. The van der Waals surface area contributed by atoms with Gasteiger partial charge in [-0.3, -0.25) is 0 Å². The van der Waals surface area contributed by atoms with E-state index in [1.165, 1.54) is 0 Å². The van der Waals surface area contributed by atoms with Crippen LogP contribution in [0.5, 0.6) is 0 Å². The van der Waals surface area contributed by atoms with Crippen LogP contribution in [0.25, 0.3) is 0 Å². The molecule has 1 N–H and O–H groups in total. The Bertz CT molecular complexity index is 543. The first kappa shape index (κ1) is 13.1. The number of aliphatic hydroxyl groups is 1. The highest BCUT2D eigenvalue weighted by Crippen LogP contribution is 2.36. The molecule has 0 aromatic heterocycles. The lowest BCUT2D eigenvalue weighted by Crippen LogP contribution is -2.30. The summed E-state index contributed by atoms with van der Waals surface area (Å²) in [5.41, 5.74) is -0.120. The van der Waals surface area contributed by atoms with Crippen molar-refractivity contribution in [1.29, 1.82) is 0 Å². The van der Waals surface area contributed by atoms with Crippen LogP contribution >= 0.6 is 15.9 Å². The fourth-order valence-corrected chi connectivity index (χ4v) is 4.82. The van der Waals surface area contributed by atoms with Gasteiger partial charge < -0.3 is 5.11 Å². The molecular formula is C12H15BrO3S. The molecule has 0 saturated heterocycles. The molecule has 0 radical (unpaired) electrons. The van der Waals surface area contributed by atoms with Gasteiger partial charge in [0.05, 0.1) is 15.7 Å². The van der Waals surface area contributed by atoms with Crippen molar-refractivity contribution in [3.8, 4) is 0 Å². The number of sulfone groups is 1. The molecule has 0 saturated carbocycles. The molecule has 1 unspecified atom stereocenters.